The third kappa shape index (κ3) is 3.62. The van der Waals surface area contributed by atoms with E-state index in [1.165, 1.54) is 12.1 Å². The molecule has 0 aliphatic carbocycles. The van der Waals surface area contributed by atoms with E-state index in [-0.39, 0.29) is 30.4 Å². The van der Waals surface area contributed by atoms with Gasteiger partial charge in [-0.05, 0) is 19.1 Å². The number of esters is 1. The minimum atomic E-state index is -0.994. The molecule has 1 aromatic heterocycles. The Morgan fingerprint density at radius 2 is 2.14 bits per heavy atom. The van der Waals surface area contributed by atoms with Crippen molar-refractivity contribution in [1.29, 1.82) is 0 Å². The van der Waals surface area contributed by atoms with Gasteiger partial charge in [0.25, 0.3) is 0 Å². The van der Waals surface area contributed by atoms with Gasteiger partial charge in [-0.1, -0.05) is 17.3 Å². The fourth-order valence-electron chi connectivity index (χ4n) is 1.50. The number of nitrogens with one attached hydrogen (secondary N) is 1. The van der Waals surface area contributed by atoms with E-state index in [9.17, 15) is 14.0 Å². The number of carbonyl (C=O) groups is 2. The smallest absolute Gasteiger partial charge is 0.396 e. The number of nitrogens with zero attached hydrogens (tertiary/aromatic N) is 2. The van der Waals surface area contributed by atoms with Crippen molar-refractivity contribution >= 4 is 11.9 Å². The summed E-state index contributed by atoms with van der Waals surface area (Å²) in [5.41, 5.74) is 0.184. The first-order chi connectivity index (χ1) is 10.1. The molecule has 0 saturated carbocycles. The highest BCUT2D eigenvalue weighted by Crippen LogP contribution is 2.18. The van der Waals surface area contributed by atoms with E-state index >= 15 is 0 Å². The van der Waals surface area contributed by atoms with Crippen LogP contribution < -0.4 is 5.32 Å². The van der Waals surface area contributed by atoms with Crippen molar-refractivity contribution in [3.8, 4) is 11.4 Å². The summed E-state index contributed by atoms with van der Waals surface area (Å²) in [7, 11) is 0. The normalized spacial score (nSPS) is 10.2. The Morgan fingerprint density at radius 1 is 1.38 bits per heavy atom. The van der Waals surface area contributed by atoms with Gasteiger partial charge in [-0.2, -0.15) is 4.98 Å². The second-order valence-electron chi connectivity index (χ2n) is 3.89. The molecule has 0 spiro atoms. The molecule has 1 heterocycles. The van der Waals surface area contributed by atoms with Crippen molar-refractivity contribution < 1.29 is 23.2 Å². The third-order valence-electron chi connectivity index (χ3n) is 2.44. The summed E-state index contributed by atoms with van der Waals surface area (Å²) in [6, 6.07) is 5.95. The maximum atomic E-state index is 13.5. The van der Waals surface area contributed by atoms with Crippen LogP contribution in [-0.4, -0.2) is 28.6 Å². The van der Waals surface area contributed by atoms with Gasteiger partial charge in [0, 0.05) is 0 Å². The Balaban J connectivity index is 2.00. The topological polar surface area (TPSA) is 94.3 Å². The van der Waals surface area contributed by atoms with Gasteiger partial charge in [-0.3, -0.25) is 4.79 Å². The van der Waals surface area contributed by atoms with Gasteiger partial charge < -0.3 is 14.6 Å². The lowest BCUT2D eigenvalue weighted by molar-refractivity contribution is -0.154. The molecule has 0 unspecified atom stereocenters. The zero-order valence-corrected chi connectivity index (χ0v) is 11.1. The van der Waals surface area contributed by atoms with E-state index in [2.05, 4.69) is 20.2 Å². The van der Waals surface area contributed by atoms with E-state index in [1.54, 1.807) is 19.1 Å². The highest BCUT2D eigenvalue weighted by Gasteiger charge is 2.17. The fraction of sp³-hybridized carbons (Fsp3) is 0.231. The average Bonchev–Trinajstić information content (AvgIpc) is 2.94. The lowest BCUT2D eigenvalue weighted by Gasteiger charge is -2.01. The largest absolute Gasteiger partial charge is 0.459 e. The Kier molecular flexibility index (Phi) is 4.60. The van der Waals surface area contributed by atoms with Crippen molar-refractivity contribution in [1.82, 2.24) is 15.5 Å². The van der Waals surface area contributed by atoms with Gasteiger partial charge in [-0.25, -0.2) is 9.18 Å². The van der Waals surface area contributed by atoms with E-state index in [1.807, 2.05) is 0 Å². The van der Waals surface area contributed by atoms with Crippen molar-refractivity contribution in [2.45, 2.75) is 13.5 Å². The van der Waals surface area contributed by atoms with Gasteiger partial charge in [0.15, 0.2) is 0 Å². The molecule has 2 rings (SSSR count). The number of hydrogen-bond acceptors (Lipinski definition) is 6. The first kappa shape index (κ1) is 14.6. The summed E-state index contributed by atoms with van der Waals surface area (Å²) in [6.07, 6.45) is 0. The molecule has 0 aliphatic heterocycles. The highest BCUT2D eigenvalue weighted by atomic mass is 19.1. The summed E-state index contributed by atoms with van der Waals surface area (Å²) < 4.78 is 22.9. The summed E-state index contributed by atoms with van der Waals surface area (Å²) in [4.78, 5) is 26.3. The first-order valence-electron chi connectivity index (χ1n) is 6.14. The Labute approximate surface area is 119 Å². The Hall–Kier alpha value is -2.77. The quantitative estimate of drug-likeness (QED) is 0.669. The van der Waals surface area contributed by atoms with Crippen LogP contribution in [0.15, 0.2) is 28.8 Å². The summed E-state index contributed by atoms with van der Waals surface area (Å²) in [5.74, 6) is -2.28. The zero-order valence-electron chi connectivity index (χ0n) is 11.1. The summed E-state index contributed by atoms with van der Waals surface area (Å²) in [6.45, 7) is 1.53. The van der Waals surface area contributed by atoms with Crippen LogP contribution in [0, 0.1) is 5.82 Å². The molecule has 21 heavy (non-hydrogen) atoms. The monoisotopic (exact) mass is 293 g/mol. The van der Waals surface area contributed by atoms with Crippen LogP contribution >= 0.6 is 0 Å². The molecule has 0 fully saturated rings. The lowest BCUT2D eigenvalue weighted by Crippen LogP contribution is -2.32. The van der Waals surface area contributed by atoms with Crippen LogP contribution in [0.25, 0.3) is 11.4 Å². The minimum absolute atomic E-state index is 0.0471. The van der Waals surface area contributed by atoms with E-state index in [0.29, 0.717) is 0 Å². The first-order valence-corrected chi connectivity index (χ1v) is 6.14. The number of aromatic nitrogens is 2. The standard InChI is InChI=1S/C13H12FN3O4/c1-2-20-13(19)12(18)15-7-10-16-11(17-21-10)8-5-3-4-6-9(8)14/h3-6H,2,7H2,1H3,(H,15,18). The minimum Gasteiger partial charge on any atom is -0.459 e. The fourth-order valence-corrected chi connectivity index (χ4v) is 1.50. The van der Waals surface area contributed by atoms with Crippen LogP contribution in [-0.2, 0) is 20.9 Å². The van der Waals surface area contributed by atoms with Crippen LogP contribution in [0.1, 0.15) is 12.8 Å². The van der Waals surface area contributed by atoms with E-state index < -0.39 is 17.7 Å². The predicted octanol–water partition coefficient (Wildman–Crippen LogP) is 1.05. The van der Waals surface area contributed by atoms with Crippen molar-refractivity contribution in [2.24, 2.45) is 0 Å². The van der Waals surface area contributed by atoms with Gasteiger partial charge in [-0.15, -0.1) is 0 Å². The van der Waals surface area contributed by atoms with Gasteiger partial charge in [0.1, 0.15) is 5.82 Å². The molecule has 7 nitrogen and oxygen atoms in total. The molecular formula is C13H12FN3O4. The maximum absolute atomic E-state index is 13.5. The summed E-state index contributed by atoms with van der Waals surface area (Å²) >= 11 is 0. The van der Waals surface area contributed by atoms with Crippen LogP contribution in [0.3, 0.4) is 0 Å². The van der Waals surface area contributed by atoms with Crippen LogP contribution in [0.4, 0.5) is 4.39 Å². The van der Waals surface area contributed by atoms with Gasteiger partial charge >= 0.3 is 11.9 Å². The number of rotatable bonds is 4. The van der Waals surface area contributed by atoms with Crippen molar-refractivity contribution in [3.05, 3.63) is 36.0 Å². The molecule has 8 heteroatoms. The van der Waals surface area contributed by atoms with Gasteiger partial charge in [0.2, 0.25) is 11.7 Å². The number of benzene rings is 1. The number of ether oxygens (including phenoxy) is 1. The van der Waals surface area contributed by atoms with Crippen molar-refractivity contribution in [3.63, 3.8) is 0 Å². The number of amides is 1. The molecule has 1 amide bonds. The van der Waals surface area contributed by atoms with Crippen molar-refractivity contribution in [2.75, 3.05) is 6.61 Å². The highest BCUT2D eigenvalue weighted by molar-refractivity contribution is 6.32. The molecule has 0 aliphatic rings. The molecule has 0 saturated heterocycles. The van der Waals surface area contributed by atoms with Gasteiger partial charge in [0.05, 0.1) is 18.7 Å². The van der Waals surface area contributed by atoms with E-state index in [4.69, 9.17) is 4.52 Å². The molecular weight excluding hydrogens is 281 g/mol. The van der Waals surface area contributed by atoms with Crippen LogP contribution in [0.5, 0.6) is 0 Å². The summed E-state index contributed by atoms with van der Waals surface area (Å²) in [5, 5.41) is 5.87. The zero-order chi connectivity index (χ0) is 15.2. The Bertz CT molecular complexity index is 656. The second kappa shape index (κ2) is 6.60. The molecule has 1 aromatic carbocycles. The number of hydrogen-bond donors (Lipinski definition) is 1. The molecule has 0 radical (unpaired) electrons. The second-order valence-corrected chi connectivity index (χ2v) is 3.89. The molecule has 1 N–H and O–H groups in total. The SMILES string of the molecule is CCOC(=O)C(=O)NCc1nc(-c2ccccc2F)no1. The third-order valence-corrected chi connectivity index (χ3v) is 2.44. The van der Waals surface area contributed by atoms with Crippen LogP contribution in [0.2, 0.25) is 0 Å². The molecule has 0 bridgehead atoms. The molecule has 0 atom stereocenters. The van der Waals surface area contributed by atoms with E-state index in [0.717, 1.165) is 0 Å². The number of carbonyl (C=O) groups excluding carboxylic acids is 2. The Morgan fingerprint density at radius 3 is 2.86 bits per heavy atom. The lowest BCUT2D eigenvalue weighted by atomic mass is 10.2. The molecule has 2 aromatic rings. The predicted molar refractivity (Wildman–Crippen MR) is 68.2 cm³/mol. The maximum Gasteiger partial charge on any atom is 0.396 e. The number of halogens is 1. The average molecular weight is 293 g/mol. The molecule has 110 valence electrons.